The Morgan fingerprint density at radius 1 is 1.14 bits per heavy atom. The zero-order valence-corrected chi connectivity index (χ0v) is 18.4. The molecule has 1 aromatic heterocycles. The number of imidazole rings is 1. The van der Waals surface area contributed by atoms with Crippen LogP contribution >= 0.6 is 23.4 Å². The maximum Gasteiger partial charge on any atom is 0.119 e. The van der Waals surface area contributed by atoms with E-state index in [2.05, 4.69) is 55.4 Å². The normalized spacial score (nSPS) is 12.8. The van der Waals surface area contributed by atoms with Gasteiger partial charge in [0, 0.05) is 28.9 Å². The average molecular weight is 415 g/mol. The molecule has 0 N–H and O–H groups in total. The molecule has 0 radical (unpaired) electrons. The summed E-state index contributed by atoms with van der Waals surface area (Å²) < 4.78 is 8.15. The molecular formula is C23H27ClN2OS. The average Bonchev–Trinajstić information content (AvgIpc) is 3.15. The van der Waals surface area contributed by atoms with Gasteiger partial charge in [-0.1, -0.05) is 44.5 Å². The van der Waals surface area contributed by atoms with Crippen molar-refractivity contribution in [2.75, 3.05) is 6.61 Å². The van der Waals surface area contributed by atoms with Crippen molar-refractivity contribution in [1.29, 1.82) is 0 Å². The quantitative estimate of drug-likeness (QED) is 0.419. The van der Waals surface area contributed by atoms with Crippen LogP contribution in [0.2, 0.25) is 5.02 Å². The molecule has 0 bridgehead atoms. The van der Waals surface area contributed by atoms with E-state index in [1.165, 1.54) is 16.0 Å². The number of rotatable bonds is 7. The third-order valence-electron chi connectivity index (χ3n) is 4.56. The summed E-state index contributed by atoms with van der Waals surface area (Å²) in [4.78, 5) is 5.45. The zero-order chi connectivity index (χ0) is 20.1. The Morgan fingerprint density at radius 2 is 1.89 bits per heavy atom. The lowest BCUT2D eigenvalue weighted by Crippen LogP contribution is -2.20. The van der Waals surface area contributed by atoms with Gasteiger partial charge < -0.3 is 9.30 Å². The monoisotopic (exact) mass is 414 g/mol. The van der Waals surface area contributed by atoms with Crippen molar-refractivity contribution in [3.63, 3.8) is 0 Å². The second-order valence-electron chi connectivity index (χ2n) is 7.99. The second-order valence-corrected chi connectivity index (χ2v) is 9.77. The topological polar surface area (TPSA) is 27.1 Å². The predicted molar refractivity (Wildman–Crippen MR) is 119 cm³/mol. The summed E-state index contributed by atoms with van der Waals surface area (Å²) in [6.45, 7) is 10.4. The highest BCUT2D eigenvalue weighted by atomic mass is 35.5. The minimum absolute atomic E-state index is 0.155. The zero-order valence-electron chi connectivity index (χ0n) is 16.9. The van der Waals surface area contributed by atoms with E-state index in [0.717, 1.165) is 12.3 Å². The van der Waals surface area contributed by atoms with Gasteiger partial charge in [0.1, 0.15) is 12.4 Å². The molecule has 2 aromatic carbocycles. The second kappa shape index (κ2) is 9.06. The predicted octanol–water partition coefficient (Wildman–Crippen LogP) is 6.38. The summed E-state index contributed by atoms with van der Waals surface area (Å²) in [5.74, 6) is 0.834. The van der Waals surface area contributed by atoms with Crippen LogP contribution in [0.4, 0.5) is 0 Å². The van der Waals surface area contributed by atoms with Crippen LogP contribution in [0, 0.1) is 6.92 Å². The first-order valence-electron chi connectivity index (χ1n) is 9.43. The molecule has 0 saturated heterocycles. The largest absolute Gasteiger partial charge is 0.492 e. The highest BCUT2D eigenvalue weighted by Crippen LogP contribution is 2.32. The summed E-state index contributed by atoms with van der Waals surface area (Å²) >= 11 is 7.82. The highest BCUT2D eigenvalue weighted by Gasteiger charge is 2.18. The molecule has 0 spiro atoms. The Kier molecular flexibility index (Phi) is 6.73. The minimum atomic E-state index is 0.155. The van der Waals surface area contributed by atoms with E-state index in [1.807, 2.05) is 54.7 Å². The molecule has 3 nitrogen and oxygen atoms in total. The van der Waals surface area contributed by atoms with Gasteiger partial charge in [-0.15, -0.1) is 11.8 Å². The van der Waals surface area contributed by atoms with Crippen molar-refractivity contribution in [3.8, 4) is 5.75 Å². The third-order valence-corrected chi connectivity index (χ3v) is 6.14. The van der Waals surface area contributed by atoms with Crippen LogP contribution in [0.15, 0.2) is 66.1 Å². The summed E-state index contributed by atoms with van der Waals surface area (Å²) in [6.07, 6.45) is 5.65. The molecule has 0 fully saturated rings. The van der Waals surface area contributed by atoms with Gasteiger partial charge in [-0.2, -0.15) is 0 Å². The number of aryl methyl sites for hydroxylation is 1. The Morgan fingerprint density at radius 3 is 2.50 bits per heavy atom. The molecule has 0 aliphatic heterocycles. The van der Waals surface area contributed by atoms with Gasteiger partial charge in [0.25, 0.3) is 0 Å². The fourth-order valence-corrected chi connectivity index (χ4v) is 4.16. The van der Waals surface area contributed by atoms with Crippen LogP contribution < -0.4 is 4.74 Å². The van der Waals surface area contributed by atoms with Crippen molar-refractivity contribution < 1.29 is 4.74 Å². The van der Waals surface area contributed by atoms with Crippen LogP contribution in [-0.2, 0) is 12.0 Å². The van der Waals surface area contributed by atoms with Crippen molar-refractivity contribution in [3.05, 3.63) is 77.3 Å². The maximum atomic E-state index is 6.05. The number of hydrogen-bond acceptors (Lipinski definition) is 3. The number of halogens is 1. The molecule has 0 saturated carbocycles. The van der Waals surface area contributed by atoms with Gasteiger partial charge in [-0.25, -0.2) is 4.98 Å². The summed E-state index contributed by atoms with van der Waals surface area (Å²) in [7, 11) is 0. The minimum Gasteiger partial charge on any atom is -0.492 e. The standard InChI is InChI=1S/C23H27ClN2OS/c1-17-13-18(23(2,3)4)5-10-22(17)28-21(14-26-12-11-25-16-26)15-27-20-8-6-19(24)7-9-20/h5-13,16,21H,14-15H2,1-4H3. The van der Waals surface area contributed by atoms with E-state index < -0.39 is 0 Å². The van der Waals surface area contributed by atoms with Crippen LogP contribution in [0.25, 0.3) is 0 Å². The van der Waals surface area contributed by atoms with Crippen LogP contribution in [-0.4, -0.2) is 21.4 Å². The fourth-order valence-electron chi connectivity index (χ4n) is 2.90. The van der Waals surface area contributed by atoms with Crippen LogP contribution in [0.3, 0.4) is 0 Å². The molecule has 0 aliphatic carbocycles. The summed E-state index contributed by atoms with van der Waals surface area (Å²) in [6, 6.07) is 14.3. The first-order chi connectivity index (χ1) is 13.3. The molecule has 0 amide bonds. The maximum absolute atomic E-state index is 6.05. The molecule has 148 valence electrons. The molecule has 28 heavy (non-hydrogen) atoms. The van der Waals surface area contributed by atoms with Crippen molar-refractivity contribution >= 4 is 23.4 Å². The third kappa shape index (κ3) is 5.79. The number of thioether (sulfide) groups is 1. The van der Waals surface area contributed by atoms with Crippen molar-refractivity contribution in [2.24, 2.45) is 0 Å². The molecule has 5 heteroatoms. The van der Waals surface area contributed by atoms with Crippen LogP contribution in [0.1, 0.15) is 31.9 Å². The van der Waals surface area contributed by atoms with E-state index in [1.54, 1.807) is 0 Å². The Bertz CT molecular complexity index is 886. The van der Waals surface area contributed by atoms with Crippen molar-refractivity contribution in [1.82, 2.24) is 9.55 Å². The van der Waals surface area contributed by atoms with Gasteiger partial charge in [-0.3, -0.25) is 0 Å². The number of ether oxygens (including phenoxy) is 1. The van der Waals surface area contributed by atoms with E-state index in [4.69, 9.17) is 16.3 Å². The van der Waals surface area contributed by atoms with Gasteiger partial charge in [0.05, 0.1) is 11.6 Å². The smallest absolute Gasteiger partial charge is 0.119 e. The molecule has 1 unspecified atom stereocenters. The molecule has 3 rings (SSSR count). The van der Waals surface area contributed by atoms with Crippen LogP contribution in [0.5, 0.6) is 5.75 Å². The lowest BCUT2D eigenvalue weighted by atomic mass is 9.86. The SMILES string of the molecule is Cc1cc(C(C)(C)C)ccc1SC(COc1ccc(Cl)cc1)Cn1ccnc1. The fraction of sp³-hybridized carbons (Fsp3) is 0.348. The Labute approximate surface area is 177 Å². The lowest BCUT2D eigenvalue weighted by Gasteiger charge is -2.22. The Balaban J connectivity index is 1.74. The van der Waals surface area contributed by atoms with Gasteiger partial charge in [-0.05, 0) is 53.8 Å². The molecule has 1 atom stereocenters. The van der Waals surface area contributed by atoms with E-state index in [0.29, 0.717) is 11.6 Å². The lowest BCUT2D eigenvalue weighted by molar-refractivity contribution is 0.308. The molecule has 1 heterocycles. The molecular weight excluding hydrogens is 388 g/mol. The Hall–Kier alpha value is -1.91. The van der Waals surface area contributed by atoms with Gasteiger partial charge >= 0.3 is 0 Å². The summed E-state index contributed by atoms with van der Waals surface area (Å²) in [5.41, 5.74) is 2.82. The van der Waals surface area contributed by atoms with Gasteiger partial charge in [0.2, 0.25) is 0 Å². The molecule has 3 aromatic rings. The first-order valence-corrected chi connectivity index (χ1v) is 10.7. The highest BCUT2D eigenvalue weighted by molar-refractivity contribution is 8.00. The molecule has 0 aliphatic rings. The summed E-state index contributed by atoms with van der Waals surface area (Å²) in [5, 5.41) is 0.968. The number of nitrogens with zero attached hydrogens (tertiary/aromatic N) is 2. The van der Waals surface area contributed by atoms with Gasteiger partial charge in [0.15, 0.2) is 0 Å². The first kappa shape index (κ1) is 20.8. The van der Waals surface area contributed by atoms with E-state index in [-0.39, 0.29) is 10.7 Å². The van der Waals surface area contributed by atoms with E-state index >= 15 is 0 Å². The van der Waals surface area contributed by atoms with E-state index in [9.17, 15) is 0 Å². The van der Waals surface area contributed by atoms with Crippen molar-refractivity contribution in [2.45, 2.75) is 49.8 Å². The number of benzene rings is 2. The number of aromatic nitrogens is 2. The number of hydrogen-bond donors (Lipinski definition) is 0.